The number of halogens is 2. The van der Waals surface area contributed by atoms with Crippen molar-refractivity contribution < 1.29 is 18.3 Å². The van der Waals surface area contributed by atoms with Crippen molar-refractivity contribution in [2.75, 3.05) is 18.4 Å². The Balaban J connectivity index is 1.63. The van der Waals surface area contributed by atoms with E-state index in [1.807, 2.05) is 25.1 Å². The summed E-state index contributed by atoms with van der Waals surface area (Å²) in [6.45, 7) is 0.287. The number of amides is 1. The predicted octanol–water partition coefficient (Wildman–Crippen LogP) is 4.40. The molecule has 2 aromatic rings. The summed E-state index contributed by atoms with van der Waals surface area (Å²) in [7, 11) is 0. The zero-order valence-electron chi connectivity index (χ0n) is 15.1. The van der Waals surface area contributed by atoms with Crippen LogP contribution in [0, 0.1) is 0 Å². The van der Waals surface area contributed by atoms with Crippen molar-refractivity contribution in [2.45, 2.75) is 26.0 Å². The first-order valence-electron chi connectivity index (χ1n) is 8.88. The van der Waals surface area contributed by atoms with Crippen LogP contribution in [0.1, 0.15) is 18.9 Å². The molecular weight excluding hydrogens is 350 g/mol. The number of anilines is 1. The largest absolute Gasteiger partial charge is 0.433 e. The molecular formula is C21H22F2N2O2. The van der Waals surface area contributed by atoms with Gasteiger partial charge in [0.1, 0.15) is 5.75 Å². The Morgan fingerprint density at radius 2 is 1.81 bits per heavy atom. The van der Waals surface area contributed by atoms with Crippen LogP contribution >= 0.6 is 0 Å². The van der Waals surface area contributed by atoms with Gasteiger partial charge < -0.3 is 10.1 Å². The van der Waals surface area contributed by atoms with Crippen LogP contribution < -0.4 is 10.1 Å². The molecule has 0 saturated carbocycles. The van der Waals surface area contributed by atoms with Gasteiger partial charge in [-0.2, -0.15) is 8.78 Å². The van der Waals surface area contributed by atoms with E-state index in [1.54, 1.807) is 18.2 Å². The minimum Gasteiger partial charge on any atom is -0.433 e. The van der Waals surface area contributed by atoms with E-state index in [-0.39, 0.29) is 17.3 Å². The minimum absolute atomic E-state index is 0.0436. The molecule has 1 heterocycles. The highest BCUT2D eigenvalue weighted by Crippen LogP contribution is 2.27. The van der Waals surface area contributed by atoms with Crippen molar-refractivity contribution in [1.82, 2.24) is 4.90 Å². The molecule has 0 unspecified atom stereocenters. The number of nitrogens with zero attached hydrogens (tertiary/aromatic N) is 1. The Hall–Kier alpha value is -2.73. The maximum atomic E-state index is 12.6. The van der Waals surface area contributed by atoms with Crippen molar-refractivity contribution in [1.29, 1.82) is 0 Å². The van der Waals surface area contributed by atoms with Gasteiger partial charge in [0.25, 0.3) is 0 Å². The fourth-order valence-corrected chi connectivity index (χ4v) is 3.12. The number of para-hydroxylation sites is 2. The Morgan fingerprint density at radius 3 is 2.48 bits per heavy atom. The maximum absolute atomic E-state index is 12.6. The molecule has 0 fully saturated rings. The van der Waals surface area contributed by atoms with E-state index in [9.17, 15) is 13.6 Å². The van der Waals surface area contributed by atoms with Crippen LogP contribution in [0.3, 0.4) is 0 Å². The molecule has 1 aliphatic rings. The molecule has 1 atom stereocenters. The molecule has 4 nitrogen and oxygen atoms in total. The van der Waals surface area contributed by atoms with Crippen LogP contribution in [0.2, 0.25) is 0 Å². The first-order chi connectivity index (χ1) is 13.0. The average Bonchev–Trinajstić information content (AvgIpc) is 2.69. The molecule has 0 spiro atoms. The van der Waals surface area contributed by atoms with Gasteiger partial charge >= 0.3 is 6.61 Å². The second-order valence-corrected chi connectivity index (χ2v) is 6.38. The smallest absolute Gasteiger partial charge is 0.387 e. The highest BCUT2D eigenvalue weighted by atomic mass is 19.3. The van der Waals surface area contributed by atoms with Crippen molar-refractivity contribution >= 4 is 17.2 Å². The number of carbonyl (C=O) groups is 1. The number of hydrogen-bond donors (Lipinski definition) is 1. The molecule has 142 valence electrons. The van der Waals surface area contributed by atoms with E-state index in [4.69, 9.17) is 0 Å². The molecule has 0 saturated heterocycles. The van der Waals surface area contributed by atoms with E-state index in [0.29, 0.717) is 6.54 Å². The summed E-state index contributed by atoms with van der Waals surface area (Å²) in [4.78, 5) is 14.6. The van der Waals surface area contributed by atoms with Crippen LogP contribution in [0.5, 0.6) is 5.75 Å². The second kappa shape index (κ2) is 8.77. The van der Waals surface area contributed by atoms with Crippen LogP contribution in [0.15, 0.2) is 60.7 Å². The minimum atomic E-state index is -2.94. The first kappa shape index (κ1) is 19.0. The normalized spacial score (nSPS) is 15.9. The molecule has 3 rings (SSSR count). The van der Waals surface area contributed by atoms with Gasteiger partial charge in [-0.05, 0) is 36.6 Å². The summed E-state index contributed by atoms with van der Waals surface area (Å²) < 4.78 is 29.5. The second-order valence-electron chi connectivity index (χ2n) is 6.38. The molecule has 1 amide bonds. The third-order valence-electron chi connectivity index (χ3n) is 4.67. The average molecular weight is 372 g/mol. The summed E-state index contributed by atoms with van der Waals surface area (Å²) >= 11 is 0. The van der Waals surface area contributed by atoms with E-state index in [2.05, 4.69) is 33.2 Å². The van der Waals surface area contributed by atoms with E-state index in [0.717, 1.165) is 13.0 Å². The number of hydrogen-bond acceptors (Lipinski definition) is 3. The Morgan fingerprint density at radius 1 is 1.11 bits per heavy atom. The van der Waals surface area contributed by atoms with Crippen molar-refractivity contribution in [2.24, 2.45) is 0 Å². The number of nitrogens with one attached hydrogen (secondary N) is 1. The van der Waals surface area contributed by atoms with E-state index >= 15 is 0 Å². The predicted molar refractivity (Wildman–Crippen MR) is 102 cm³/mol. The monoisotopic (exact) mass is 372 g/mol. The van der Waals surface area contributed by atoms with Gasteiger partial charge in [-0.1, -0.05) is 48.5 Å². The lowest BCUT2D eigenvalue weighted by atomic mass is 9.99. The van der Waals surface area contributed by atoms with Gasteiger partial charge in [-0.15, -0.1) is 0 Å². The summed E-state index contributed by atoms with van der Waals surface area (Å²) in [6.07, 6.45) is 2.99. The van der Waals surface area contributed by atoms with Crippen LogP contribution in [0.4, 0.5) is 14.5 Å². The third kappa shape index (κ3) is 4.92. The van der Waals surface area contributed by atoms with Crippen LogP contribution in [0.25, 0.3) is 5.57 Å². The number of ether oxygens (including phenoxy) is 1. The lowest BCUT2D eigenvalue weighted by molar-refractivity contribution is -0.120. The van der Waals surface area contributed by atoms with E-state index in [1.165, 1.54) is 17.2 Å². The molecule has 1 N–H and O–H groups in total. The molecule has 0 radical (unpaired) electrons. The Labute approximate surface area is 157 Å². The Kier molecular flexibility index (Phi) is 6.19. The van der Waals surface area contributed by atoms with Gasteiger partial charge in [0.05, 0.1) is 11.7 Å². The lowest BCUT2D eigenvalue weighted by Crippen LogP contribution is -2.44. The van der Waals surface area contributed by atoms with Gasteiger partial charge in [0, 0.05) is 13.1 Å². The van der Waals surface area contributed by atoms with E-state index < -0.39 is 12.7 Å². The molecule has 27 heavy (non-hydrogen) atoms. The summed E-state index contributed by atoms with van der Waals surface area (Å²) in [6, 6.07) is 16.0. The quantitative estimate of drug-likeness (QED) is 0.817. The standard InChI is InChI=1S/C21H22F2N2O2/c1-15(20(26)24-18-9-5-6-10-19(18)27-21(22)23)25-13-11-17(12-14-25)16-7-3-2-4-8-16/h2-11,15,21H,12-14H2,1H3,(H,24,26)/t15-/m1/s1. The highest BCUT2D eigenvalue weighted by molar-refractivity contribution is 5.95. The van der Waals surface area contributed by atoms with Crippen molar-refractivity contribution in [3.63, 3.8) is 0 Å². The number of alkyl halides is 2. The zero-order chi connectivity index (χ0) is 19.2. The number of carbonyl (C=O) groups excluding carboxylic acids is 1. The number of rotatable bonds is 6. The number of benzene rings is 2. The summed E-state index contributed by atoms with van der Waals surface area (Å²) in [5, 5.41) is 2.70. The van der Waals surface area contributed by atoms with Gasteiger partial charge in [-0.3, -0.25) is 9.69 Å². The van der Waals surface area contributed by atoms with Gasteiger partial charge in [0.2, 0.25) is 5.91 Å². The topological polar surface area (TPSA) is 41.6 Å². The SMILES string of the molecule is C[C@H](C(=O)Nc1ccccc1OC(F)F)N1CC=C(c2ccccc2)CC1. The lowest BCUT2D eigenvalue weighted by Gasteiger charge is -2.31. The summed E-state index contributed by atoms with van der Waals surface area (Å²) in [5.41, 5.74) is 2.72. The van der Waals surface area contributed by atoms with Gasteiger partial charge in [-0.25, -0.2) is 0 Å². The molecule has 0 bridgehead atoms. The van der Waals surface area contributed by atoms with Crippen LogP contribution in [-0.4, -0.2) is 36.5 Å². The molecule has 6 heteroatoms. The molecule has 0 aliphatic carbocycles. The fourth-order valence-electron chi connectivity index (χ4n) is 3.12. The third-order valence-corrected chi connectivity index (χ3v) is 4.67. The fraction of sp³-hybridized carbons (Fsp3) is 0.286. The maximum Gasteiger partial charge on any atom is 0.387 e. The first-order valence-corrected chi connectivity index (χ1v) is 8.88. The van der Waals surface area contributed by atoms with Crippen molar-refractivity contribution in [3.05, 3.63) is 66.2 Å². The highest BCUT2D eigenvalue weighted by Gasteiger charge is 2.24. The van der Waals surface area contributed by atoms with Crippen LogP contribution in [-0.2, 0) is 4.79 Å². The molecule has 2 aromatic carbocycles. The van der Waals surface area contributed by atoms with Crippen molar-refractivity contribution in [3.8, 4) is 5.75 Å². The molecule has 1 aliphatic heterocycles. The zero-order valence-corrected chi connectivity index (χ0v) is 15.1. The Bertz CT molecular complexity index is 809. The van der Waals surface area contributed by atoms with Gasteiger partial charge in [0.15, 0.2) is 0 Å². The summed E-state index contributed by atoms with van der Waals surface area (Å²) in [5.74, 6) is -0.296. The molecule has 0 aromatic heterocycles.